The quantitative estimate of drug-likeness (QED) is 0.423. The Balaban J connectivity index is 1.10. The van der Waals surface area contributed by atoms with Crippen LogP contribution in [0.3, 0.4) is 0 Å². The van der Waals surface area contributed by atoms with Crippen LogP contribution < -0.4 is 9.64 Å². The van der Waals surface area contributed by atoms with Crippen LogP contribution in [0.25, 0.3) is 11.1 Å². The van der Waals surface area contributed by atoms with E-state index in [4.69, 9.17) is 4.74 Å². The molecule has 2 saturated heterocycles. The molecule has 0 atom stereocenters. The molecule has 9 nitrogen and oxygen atoms in total. The van der Waals surface area contributed by atoms with Gasteiger partial charge in [-0.15, -0.1) is 0 Å². The number of carbonyl (C=O) groups excluding carboxylic acids is 2. The molecule has 0 radical (unpaired) electrons. The molecule has 1 N–H and O–H groups in total. The lowest BCUT2D eigenvalue weighted by Gasteiger charge is -2.38. The van der Waals surface area contributed by atoms with Crippen molar-refractivity contribution < 1.29 is 14.3 Å². The number of amides is 2. The lowest BCUT2D eigenvalue weighted by Crippen LogP contribution is -2.46. The minimum atomic E-state index is -0.415. The van der Waals surface area contributed by atoms with E-state index in [1.807, 2.05) is 69.2 Å². The Morgan fingerprint density at radius 3 is 2.55 bits per heavy atom. The number of methoxy groups -OCH3 is 1. The molecule has 9 heteroatoms. The van der Waals surface area contributed by atoms with Gasteiger partial charge in [0.05, 0.1) is 25.0 Å². The highest BCUT2D eigenvalue weighted by atomic mass is 16.5. The number of ether oxygens (including phenoxy) is 1. The van der Waals surface area contributed by atoms with Gasteiger partial charge in [-0.25, -0.2) is 4.98 Å². The van der Waals surface area contributed by atoms with Gasteiger partial charge in [0.25, 0.3) is 5.91 Å². The van der Waals surface area contributed by atoms with Crippen LogP contribution in [0.4, 0.5) is 5.69 Å². The van der Waals surface area contributed by atoms with Crippen molar-refractivity contribution in [3.8, 4) is 16.9 Å². The van der Waals surface area contributed by atoms with Crippen LogP contribution in [0, 0.1) is 5.41 Å². The van der Waals surface area contributed by atoms with Gasteiger partial charge >= 0.3 is 0 Å². The van der Waals surface area contributed by atoms with Crippen molar-refractivity contribution in [1.29, 1.82) is 0 Å². The summed E-state index contributed by atoms with van der Waals surface area (Å²) in [6.07, 6.45) is 11.2. The number of likely N-dealkylation sites (tertiary alicyclic amines) is 1. The monoisotopic (exact) mass is 510 g/mol. The van der Waals surface area contributed by atoms with Crippen molar-refractivity contribution >= 4 is 17.5 Å². The van der Waals surface area contributed by atoms with Crippen molar-refractivity contribution in [3.05, 3.63) is 84.7 Å². The fourth-order valence-electron chi connectivity index (χ4n) is 5.68. The highest BCUT2D eigenvalue weighted by molar-refractivity contribution is 6.01. The first-order valence-corrected chi connectivity index (χ1v) is 12.9. The third kappa shape index (κ3) is 4.34. The summed E-state index contributed by atoms with van der Waals surface area (Å²) in [5.41, 5.74) is 4.07. The summed E-state index contributed by atoms with van der Waals surface area (Å²) < 4.78 is 7.62. The van der Waals surface area contributed by atoms with E-state index in [1.165, 1.54) is 0 Å². The van der Waals surface area contributed by atoms with E-state index < -0.39 is 5.41 Å². The average molecular weight is 511 g/mol. The number of imidazole rings is 1. The maximum absolute atomic E-state index is 13.7. The summed E-state index contributed by atoms with van der Waals surface area (Å²) in [4.78, 5) is 34.7. The number of hydrogen-bond acceptors (Lipinski definition) is 5. The van der Waals surface area contributed by atoms with Crippen LogP contribution in [0.1, 0.15) is 35.2 Å². The number of rotatable bonds is 6. The topological polar surface area (TPSA) is 96.3 Å². The van der Waals surface area contributed by atoms with Crippen LogP contribution in [0.15, 0.2) is 73.6 Å². The molecule has 194 valence electrons. The van der Waals surface area contributed by atoms with Crippen molar-refractivity contribution in [2.45, 2.75) is 25.8 Å². The smallest absolute Gasteiger partial charge is 0.253 e. The molecule has 2 amide bonds. The molecule has 38 heavy (non-hydrogen) atoms. The van der Waals surface area contributed by atoms with Crippen LogP contribution in [-0.4, -0.2) is 63.2 Å². The van der Waals surface area contributed by atoms with E-state index in [9.17, 15) is 9.59 Å². The fraction of sp³-hybridized carbons (Fsp3) is 0.310. The number of aromatic nitrogens is 4. The van der Waals surface area contributed by atoms with Crippen LogP contribution >= 0.6 is 0 Å². The molecule has 2 aliphatic rings. The van der Waals surface area contributed by atoms with Crippen LogP contribution in [0.5, 0.6) is 5.75 Å². The Kier molecular flexibility index (Phi) is 6.19. The molecule has 2 aliphatic heterocycles. The second-order valence-electron chi connectivity index (χ2n) is 10.1. The largest absolute Gasteiger partial charge is 0.496 e. The highest BCUT2D eigenvalue weighted by Gasteiger charge is 2.49. The first-order chi connectivity index (χ1) is 18.6. The predicted molar refractivity (Wildman–Crippen MR) is 143 cm³/mol. The summed E-state index contributed by atoms with van der Waals surface area (Å²) in [7, 11) is 1.63. The second-order valence-corrected chi connectivity index (χ2v) is 10.1. The summed E-state index contributed by atoms with van der Waals surface area (Å²) in [6, 6.07) is 13.6. The second kappa shape index (κ2) is 9.81. The zero-order chi connectivity index (χ0) is 26.1. The minimum Gasteiger partial charge on any atom is -0.496 e. The summed E-state index contributed by atoms with van der Waals surface area (Å²) in [5, 5.41) is 6.85. The van der Waals surface area contributed by atoms with Gasteiger partial charge < -0.3 is 19.1 Å². The minimum absolute atomic E-state index is 0.0240. The SMILES string of the molecule is COc1cc(N2CCC3(CCN(C(=O)c4ccc(Cn5ccnc5)cc4)CC3)C2=O)ccc1-c1cn[nH]c1. The van der Waals surface area contributed by atoms with Gasteiger partial charge in [-0.05, 0) is 49.1 Å². The Morgan fingerprint density at radius 2 is 1.87 bits per heavy atom. The molecule has 0 aliphatic carbocycles. The lowest BCUT2D eigenvalue weighted by atomic mass is 9.77. The average Bonchev–Trinajstić information content (AvgIpc) is 3.73. The van der Waals surface area contributed by atoms with Crippen molar-refractivity contribution in [2.75, 3.05) is 31.6 Å². The Labute approximate surface area is 221 Å². The number of benzene rings is 2. The molecule has 0 unspecified atom stereocenters. The zero-order valence-electron chi connectivity index (χ0n) is 21.3. The molecular weight excluding hydrogens is 480 g/mol. The molecule has 1 spiro atoms. The van der Waals surface area contributed by atoms with Gasteiger partial charge in [-0.3, -0.25) is 14.7 Å². The molecule has 6 rings (SSSR count). The number of hydrogen-bond donors (Lipinski definition) is 1. The van der Waals surface area contributed by atoms with Crippen LogP contribution in [-0.2, 0) is 11.3 Å². The molecule has 2 fully saturated rings. The van der Waals surface area contributed by atoms with E-state index >= 15 is 0 Å². The predicted octanol–water partition coefficient (Wildman–Crippen LogP) is 3.99. The maximum atomic E-state index is 13.7. The van der Waals surface area contributed by atoms with Gasteiger partial charge in [-0.1, -0.05) is 12.1 Å². The molecule has 0 bridgehead atoms. The number of aromatic amines is 1. The Morgan fingerprint density at radius 1 is 1.08 bits per heavy atom. The van der Waals surface area contributed by atoms with E-state index in [0.717, 1.165) is 35.3 Å². The van der Waals surface area contributed by atoms with E-state index in [-0.39, 0.29) is 11.8 Å². The number of nitrogens with one attached hydrogen (secondary N) is 1. The fourth-order valence-corrected chi connectivity index (χ4v) is 5.68. The third-order valence-electron chi connectivity index (χ3n) is 7.95. The maximum Gasteiger partial charge on any atom is 0.253 e. The number of carbonyl (C=O) groups is 2. The normalized spacial score (nSPS) is 16.8. The van der Waals surface area contributed by atoms with E-state index in [1.54, 1.807) is 25.8 Å². The van der Waals surface area contributed by atoms with Gasteiger partial charge in [-0.2, -0.15) is 5.10 Å². The summed E-state index contributed by atoms with van der Waals surface area (Å²) in [6.45, 7) is 2.55. The van der Waals surface area contributed by atoms with Gasteiger partial charge in [0.15, 0.2) is 0 Å². The third-order valence-corrected chi connectivity index (χ3v) is 7.95. The van der Waals surface area contributed by atoms with E-state index in [0.29, 0.717) is 43.8 Å². The molecule has 4 aromatic rings. The van der Waals surface area contributed by atoms with Crippen molar-refractivity contribution in [3.63, 3.8) is 0 Å². The summed E-state index contributed by atoms with van der Waals surface area (Å²) in [5.74, 6) is 0.872. The lowest BCUT2D eigenvalue weighted by molar-refractivity contribution is -0.127. The number of H-pyrrole nitrogens is 1. The number of anilines is 1. The Hall–Kier alpha value is -4.40. The van der Waals surface area contributed by atoms with Crippen LogP contribution in [0.2, 0.25) is 0 Å². The standard InChI is InChI=1S/C29H30N6O3/c1-38-26-16-24(6-7-25(26)23-17-31-32-18-23)35-14-10-29(28(35)37)8-12-34(13-9-29)27(36)22-4-2-21(3-5-22)19-33-15-11-30-20-33/h2-7,11,15-18,20H,8-10,12-14,19H2,1H3,(H,31,32). The van der Waals surface area contributed by atoms with E-state index in [2.05, 4.69) is 15.2 Å². The zero-order valence-corrected chi connectivity index (χ0v) is 21.3. The van der Waals surface area contributed by atoms with Gasteiger partial charge in [0.1, 0.15) is 5.75 Å². The molecule has 0 saturated carbocycles. The number of piperidine rings is 1. The van der Waals surface area contributed by atoms with Gasteiger partial charge in [0, 0.05) is 73.2 Å². The summed E-state index contributed by atoms with van der Waals surface area (Å²) >= 11 is 0. The number of nitrogens with zero attached hydrogens (tertiary/aromatic N) is 5. The molecule has 2 aromatic heterocycles. The Bertz CT molecular complexity index is 1420. The highest BCUT2D eigenvalue weighted by Crippen LogP contribution is 2.44. The van der Waals surface area contributed by atoms with Crippen molar-refractivity contribution in [1.82, 2.24) is 24.6 Å². The van der Waals surface area contributed by atoms with Crippen molar-refractivity contribution in [2.24, 2.45) is 5.41 Å². The molecule has 4 heterocycles. The molecule has 2 aromatic carbocycles. The molecular formula is C29H30N6O3. The first kappa shape index (κ1) is 24.0. The first-order valence-electron chi connectivity index (χ1n) is 12.9. The van der Waals surface area contributed by atoms with Gasteiger partial charge in [0.2, 0.25) is 5.91 Å².